The van der Waals surface area contributed by atoms with Crippen LogP contribution in [0.1, 0.15) is 32.3 Å². The highest BCUT2D eigenvalue weighted by molar-refractivity contribution is 5.83. The Morgan fingerprint density at radius 1 is 1.50 bits per heavy atom. The Hall–Kier alpha value is -1.78. The van der Waals surface area contributed by atoms with Crippen LogP contribution in [0.2, 0.25) is 0 Å². The van der Waals surface area contributed by atoms with Gasteiger partial charge in [0.15, 0.2) is 0 Å². The van der Waals surface area contributed by atoms with Crippen LogP contribution < -0.4 is 5.32 Å². The molecule has 1 aromatic rings. The lowest BCUT2D eigenvalue weighted by Gasteiger charge is -2.19. The SMILES string of the molecule is CC[C@H](C)[C@H](NC(=O)CCc1ccoc1)C(=O)O. The van der Waals surface area contributed by atoms with E-state index in [4.69, 9.17) is 9.52 Å². The molecule has 0 unspecified atom stereocenters. The summed E-state index contributed by atoms with van der Waals surface area (Å²) in [5, 5.41) is 11.6. The molecule has 0 radical (unpaired) electrons. The minimum Gasteiger partial charge on any atom is -0.480 e. The first-order valence-corrected chi connectivity index (χ1v) is 6.07. The maximum atomic E-state index is 11.7. The fraction of sp³-hybridized carbons (Fsp3) is 0.538. The van der Waals surface area contributed by atoms with E-state index in [9.17, 15) is 9.59 Å². The van der Waals surface area contributed by atoms with Crippen molar-refractivity contribution in [2.75, 3.05) is 0 Å². The van der Waals surface area contributed by atoms with Crippen molar-refractivity contribution in [1.29, 1.82) is 0 Å². The van der Waals surface area contributed by atoms with Gasteiger partial charge in [-0.25, -0.2) is 4.79 Å². The fourth-order valence-electron chi connectivity index (χ4n) is 1.62. The largest absolute Gasteiger partial charge is 0.480 e. The van der Waals surface area contributed by atoms with Gasteiger partial charge in [-0.2, -0.15) is 0 Å². The van der Waals surface area contributed by atoms with Gasteiger partial charge < -0.3 is 14.8 Å². The number of hydrogen-bond donors (Lipinski definition) is 2. The molecule has 0 aromatic carbocycles. The van der Waals surface area contributed by atoms with Gasteiger partial charge >= 0.3 is 5.97 Å². The topological polar surface area (TPSA) is 79.5 Å². The van der Waals surface area contributed by atoms with E-state index >= 15 is 0 Å². The zero-order valence-corrected chi connectivity index (χ0v) is 10.7. The molecule has 0 spiro atoms. The van der Waals surface area contributed by atoms with Crippen molar-refractivity contribution in [2.24, 2.45) is 5.92 Å². The molecule has 1 rings (SSSR count). The predicted molar refractivity (Wildman–Crippen MR) is 66.1 cm³/mol. The highest BCUT2D eigenvalue weighted by atomic mass is 16.4. The van der Waals surface area contributed by atoms with Crippen molar-refractivity contribution < 1.29 is 19.1 Å². The average Bonchev–Trinajstić information content (AvgIpc) is 2.85. The average molecular weight is 253 g/mol. The van der Waals surface area contributed by atoms with Gasteiger partial charge in [0.05, 0.1) is 12.5 Å². The van der Waals surface area contributed by atoms with Gasteiger partial charge in [0.2, 0.25) is 5.91 Å². The number of rotatable bonds is 7. The van der Waals surface area contributed by atoms with Gasteiger partial charge in [0.25, 0.3) is 0 Å². The molecular weight excluding hydrogens is 234 g/mol. The monoisotopic (exact) mass is 253 g/mol. The van der Waals surface area contributed by atoms with E-state index in [0.717, 1.165) is 5.56 Å². The van der Waals surface area contributed by atoms with Crippen LogP contribution in [-0.2, 0) is 16.0 Å². The molecule has 1 aromatic heterocycles. The number of furan rings is 1. The van der Waals surface area contributed by atoms with Crippen LogP contribution in [0.4, 0.5) is 0 Å². The van der Waals surface area contributed by atoms with Gasteiger partial charge in [-0.15, -0.1) is 0 Å². The summed E-state index contributed by atoms with van der Waals surface area (Å²) >= 11 is 0. The van der Waals surface area contributed by atoms with Gasteiger partial charge in [0.1, 0.15) is 6.04 Å². The van der Waals surface area contributed by atoms with E-state index in [0.29, 0.717) is 12.8 Å². The van der Waals surface area contributed by atoms with Crippen LogP contribution in [0.3, 0.4) is 0 Å². The normalized spacial score (nSPS) is 13.9. The molecule has 5 nitrogen and oxygen atoms in total. The molecule has 18 heavy (non-hydrogen) atoms. The molecule has 0 aliphatic rings. The van der Waals surface area contributed by atoms with Gasteiger partial charge in [-0.3, -0.25) is 4.79 Å². The third kappa shape index (κ3) is 4.24. The molecule has 0 aliphatic carbocycles. The van der Waals surface area contributed by atoms with E-state index in [2.05, 4.69) is 5.32 Å². The standard InChI is InChI=1S/C13H19NO4/c1-3-9(2)12(13(16)17)14-11(15)5-4-10-6-7-18-8-10/h6-9,12H,3-5H2,1-2H3,(H,14,15)(H,16,17)/t9-,12-/m0/s1. The third-order valence-electron chi connectivity index (χ3n) is 3.02. The van der Waals surface area contributed by atoms with Crippen molar-refractivity contribution in [3.8, 4) is 0 Å². The summed E-state index contributed by atoms with van der Waals surface area (Å²) in [6.07, 6.45) is 4.65. The summed E-state index contributed by atoms with van der Waals surface area (Å²) in [6, 6.07) is 0.975. The zero-order valence-electron chi connectivity index (χ0n) is 10.7. The summed E-state index contributed by atoms with van der Waals surface area (Å²) in [5.74, 6) is -1.31. The van der Waals surface area contributed by atoms with Crippen LogP contribution in [0, 0.1) is 5.92 Å². The quantitative estimate of drug-likeness (QED) is 0.777. The van der Waals surface area contributed by atoms with Gasteiger partial charge in [0, 0.05) is 6.42 Å². The number of carboxylic acids is 1. The zero-order chi connectivity index (χ0) is 13.5. The first-order valence-electron chi connectivity index (χ1n) is 6.07. The number of aliphatic carboxylic acids is 1. The molecule has 2 N–H and O–H groups in total. The third-order valence-corrected chi connectivity index (χ3v) is 3.02. The molecule has 0 saturated heterocycles. The van der Waals surface area contributed by atoms with Crippen LogP contribution in [0.15, 0.2) is 23.0 Å². The van der Waals surface area contributed by atoms with Gasteiger partial charge in [-0.1, -0.05) is 20.3 Å². The van der Waals surface area contributed by atoms with E-state index in [1.807, 2.05) is 13.8 Å². The number of nitrogens with one attached hydrogen (secondary N) is 1. The first-order chi connectivity index (χ1) is 8.54. The Bertz CT molecular complexity index is 386. The number of hydrogen-bond acceptors (Lipinski definition) is 3. The van der Waals surface area contributed by atoms with Crippen LogP contribution in [0.5, 0.6) is 0 Å². The van der Waals surface area contributed by atoms with E-state index in [1.165, 1.54) is 0 Å². The maximum Gasteiger partial charge on any atom is 0.326 e. The van der Waals surface area contributed by atoms with Crippen molar-refractivity contribution in [2.45, 2.75) is 39.2 Å². The lowest BCUT2D eigenvalue weighted by Crippen LogP contribution is -2.45. The molecule has 5 heteroatoms. The molecule has 0 saturated carbocycles. The van der Waals surface area contributed by atoms with Gasteiger partial charge in [-0.05, 0) is 24.0 Å². The minimum atomic E-state index is -0.985. The predicted octanol–water partition coefficient (Wildman–Crippen LogP) is 1.83. The Kier molecular flexibility index (Phi) is 5.42. The van der Waals surface area contributed by atoms with Crippen molar-refractivity contribution >= 4 is 11.9 Å². The summed E-state index contributed by atoms with van der Waals surface area (Å²) in [4.78, 5) is 22.7. The highest BCUT2D eigenvalue weighted by Crippen LogP contribution is 2.09. The van der Waals surface area contributed by atoms with E-state index in [-0.39, 0.29) is 18.2 Å². The number of carbonyl (C=O) groups excluding carboxylic acids is 1. The minimum absolute atomic E-state index is 0.0830. The molecular formula is C13H19NO4. The molecule has 1 heterocycles. The molecule has 100 valence electrons. The lowest BCUT2D eigenvalue weighted by molar-refractivity contribution is -0.143. The maximum absolute atomic E-state index is 11.7. The number of aryl methyl sites for hydroxylation is 1. The lowest BCUT2D eigenvalue weighted by atomic mass is 9.99. The second-order valence-electron chi connectivity index (χ2n) is 4.40. The summed E-state index contributed by atoms with van der Waals surface area (Å²) in [7, 11) is 0. The Morgan fingerprint density at radius 3 is 2.72 bits per heavy atom. The summed E-state index contributed by atoms with van der Waals surface area (Å²) in [6.45, 7) is 3.72. The summed E-state index contributed by atoms with van der Waals surface area (Å²) < 4.78 is 4.90. The Morgan fingerprint density at radius 2 is 2.22 bits per heavy atom. The summed E-state index contributed by atoms with van der Waals surface area (Å²) in [5.41, 5.74) is 0.931. The smallest absolute Gasteiger partial charge is 0.326 e. The second kappa shape index (κ2) is 6.83. The number of amides is 1. The van der Waals surface area contributed by atoms with Crippen LogP contribution in [-0.4, -0.2) is 23.0 Å². The molecule has 1 amide bonds. The molecule has 0 aliphatic heterocycles. The highest BCUT2D eigenvalue weighted by Gasteiger charge is 2.24. The van der Waals surface area contributed by atoms with Crippen molar-refractivity contribution in [1.82, 2.24) is 5.32 Å². The fourth-order valence-corrected chi connectivity index (χ4v) is 1.62. The Balaban J connectivity index is 2.44. The molecule has 0 bridgehead atoms. The second-order valence-corrected chi connectivity index (χ2v) is 4.40. The molecule has 2 atom stereocenters. The molecule has 0 fully saturated rings. The number of carboxylic acid groups (broad SMARTS) is 1. The van der Waals surface area contributed by atoms with E-state index < -0.39 is 12.0 Å². The van der Waals surface area contributed by atoms with Crippen LogP contribution in [0.25, 0.3) is 0 Å². The van der Waals surface area contributed by atoms with Crippen LogP contribution >= 0.6 is 0 Å². The Labute approximate surface area is 106 Å². The van der Waals surface area contributed by atoms with Crippen molar-refractivity contribution in [3.05, 3.63) is 24.2 Å². The first kappa shape index (κ1) is 14.3. The van der Waals surface area contributed by atoms with Crippen molar-refractivity contribution in [3.63, 3.8) is 0 Å². The number of carbonyl (C=O) groups is 2. The van der Waals surface area contributed by atoms with E-state index in [1.54, 1.807) is 18.6 Å².